The van der Waals surface area contributed by atoms with Crippen molar-refractivity contribution in [3.05, 3.63) is 41.0 Å². The second-order valence-corrected chi connectivity index (χ2v) is 4.93. The topological polar surface area (TPSA) is 57.6 Å². The van der Waals surface area contributed by atoms with Gasteiger partial charge >= 0.3 is 5.97 Å². The van der Waals surface area contributed by atoms with Gasteiger partial charge in [0.25, 0.3) is 5.91 Å². The number of carboxylic acid groups (broad SMARTS) is 1. The van der Waals surface area contributed by atoms with E-state index in [1.165, 1.54) is 6.08 Å². The lowest BCUT2D eigenvalue weighted by molar-refractivity contribution is -0.131. The number of carbonyl (C=O) groups is 2. The van der Waals surface area contributed by atoms with Gasteiger partial charge in [0.1, 0.15) is 0 Å². The number of carbonyl (C=O) groups excluding carboxylic acids is 1. The first-order chi connectivity index (χ1) is 9.36. The zero-order valence-corrected chi connectivity index (χ0v) is 12.4. The Morgan fingerprint density at radius 2 is 2.00 bits per heavy atom. The molecule has 20 heavy (non-hydrogen) atoms. The van der Waals surface area contributed by atoms with Crippen molar-refractivity contribution in [1.82, 2.24) is 4.90 Å². The zero-order valence-electron chi connectivity index (χ0n) is 12.4. The minimum atomic E-state index is -0.985. The van der Waals surface area contributed by atoms with Crippen LogP contribution in [0.4, 0.5) is 0 Å². The summed E-state index contributed by atoms with van der Waals surface area (Å²) in [5, 5.41) is 8.63. The molecule has 1 aromatic carbocycles. The van der Waals surface area contributed by atoms with Gasteiger partial charge in [-0.2, -0.15) is 0 Å². The first kappa shape index (κ1) is 16.0. The van der Waals surface area contributed by atoms with Gasteiger partial charge in [-0.15, -0.1) is 0 Å². The minimum Gasteiger partial charge on any atom is -0.478 e. The third-order valence-electron chi connectivity index (χ3n) is 3.15. The second-order valence-electron chi connectivity index (χ2n) is 4.93. The molecule has 0 aromatic heterocycles. The number of nitrogens with zero attached hydrogens (tertiary/aromatic N) is 1. The van der Waals surface area contributed by atoms with E-state index >= 15 is 0 Å². The molecule has 0 heterocycles. The second kappa shape index (κ2) is 6.89. The molecule has 0 unspecified atom stereocenters. The van der Waals surface area contributed by atoms with E-state index in [0.29, 0.717) is 12.1 Å². The first-order valence-electron chi connectivity index (χ1n) is 6.69. The standard InChI is InChI=1S/C16H21NO3/c1-5-17(11(2)3)16(20)14-7-6-13(12(4)10-14)8-9-15(18)19/h6-11H,5H2,1-4H3,(H,18,19)/b9-8+. The fourth-order valence-electron chi connectivity index (χ4n) is 2.07. The summed E-state index contributed by atoms with van der Waals surface area (Å²) >= 11 is 0. The Balaban J connectivity index is 3.03. The van der Waals surface area contributed by atoms with E-state index in [1.54, 1.807) is 23.1 Å². The number of aryl methyl sites for hydroxylation is 1. The van der Waals surface area contributed by atoms with E-state index in [2.05, 4.69) is 0 Å². The average Bonchev–Trinajstić information content (AvgIpc) is 2.37. The van der Waals surface area contributed by atoms with Gasteiger partial charge in [-0.25, -0.2) is 4.79 Å². The maximum absolute atomic E-state index is 12.4. The molecule has 0 aliphatic carbocycles. The van der Waals surface area contributed by atoms with Crippen molar-refractivity contribution < 1.29 is 14.7 Å². The summed E-state index contributed by atoms with van der Waals surface area (Å²) < 4.78 is 0. The van der Waals surface area contributed by atoms with Gasteiger partial charge in [0.05, 0.1) is 0 Å². The Hall–Kier alpha value is -2.10. The number of hydrogen-bond donors (Lipinski definition) is 1. The molecular formula is C16H21NO3. The third kappa shape index (κ3) is 3.95. The van der Waals surface area contributed by atoms with Crippen LogP contribution in [-0.2, 0) is 4.79 Å². The number of carboxylic acids is 1. The van der Waals surface area contributed by atoms with Crippen LogP contribution in [0.3, 0.4) is 0 Å². The van der Waals surface area contributed by atoms with Gasteiger partial charge in [-0.3, -0.25) is 4.79 Å². The Kier molecular flexibility index (Phi) is 5.50. The number of rotatable bonds is 5. The summed E-state index contributed by atoms with van der Waals surface area (Å²) in [6.07, 6.45) is 2.63. The highest BCUT2D eigenvalue weighted by Gasteiger charge is 2.17. The summed E-state index contributed by atoms with van der Waals surface area (Å²) in [6, 6.07) is 5.46. The molecule has 0 aliphatic rings. The maximum atomic E-state index is 12.4. The zero-order chi connectivity index (χ0) is 15.3. The van der Waals surface area contributed by atoms with Crippen LogP contribution in [0.5, 0.6) is 0 Å². The van der Waals surface area contributed by atoms with Gasteiger partial charge in [0.2, 0.25) is 0 Å². The van der Waals surface area contributed by atoms with Crippen molar-refractivity contribution in [1.29, 1.82) is 0 Å². The van der Waals surface area contributed by atoms with E-state index < -0.39 is 5.97 Å². The Morgan fingerprint density at radius 1 is 1.35 bits per heavy atom. The number of hydrogen-bond acceptors (Lipinski definition) is 2. The molecule has 0 aliphatic heterocycles. The summed E-state index contributed by atoms with van der Waals surface area (Å²) in [6.45, 7) is 8.45. The molecule has 1 aromatic rings. The van der Waals surface area contributed by atoms with Crippen LogP contribution in [-0.4, -0.2) is 34.5 Å². The summed E-state index contributed by atoms with van der Waals surface area (Å²) in [4.78, 5) is 24.7. The van der Waals surface area contributed by atoms with Gasteiger partial charge < -0.3 is 10.0 Å². The lowest BCUT2D eigenvalue weighted by Gasteiger charge is -2.25. The molecule has 0 spiro atoms. The van der Waals surface area contributed by atoms with Crippen LogP contribution < -0.4 is 0 Å². The van der Waals surface area contributed by atoms with Crippen molar-refractivity contribution in [2.75, 3.05) is 6.54 Å². The Bertz CT molecular complexity index is 533. The molecular weight excluding hydrogens is 254 g/mol. The van der Waals surface area contributed by atoms with Crippen molar-refractivity contribution in [3.8, 4) is 0 Å². The van der Waals surface area contributed by atoms with Crippen molar-refractivity contribution >= 4 is 18.0 Å². The molecule has 0 saturated carbocycles. The molecule has 1 N–H and O–H groups in total. The highest BCUT2D eigenvalue weighted by atomic mass is 16.4. The molecule has 108 valence electrons. The van der Waals surface area contributed by atoms with Gasteiger partial charge in [0.15, 0.2) is 0 Å². The first-order valence-corrected chi connectivity index (χ1v) is 6.69. The van der Waals surface area contributed by atoms with Crippen LogP contribution >= 0.6 is 0 Å². The molecule has 0 saturated heterocycles. The number of benzene rings is 1. The normalized spacial score (nSPS) is 11.1. The van der Waals surface area contributed by atoms with Crippen molar-refractivity contribution in [3.63, 3.8) is 0 Å². The highest BCUT2D eigenvalue weighted by molar-refractivity contribution is 5.95. The lowest BCUT2D eigenvalue weighted by Crippen LogP contribution is -2.36. The van der Waals surface area contributed by atoms with E-state index in [0.717, 1.165) is 17.2 Å². The van der Waals surface area contributed by atoms with Crippen molar-refractivity contribution in [2.45, 2.75) is 33.7 Å². The molecule has 0 bridgehead atoms. The smallest absolute Gasteiger partial charge is 0.328 e. The molecule has 0 radical (unpaired) electrons. The average molecular weight is 275 g/mol. The summed E-state index contributed by atoms with van der Waals surface area (Å²) in [5.41, 5.74) is 2.32. The van der Waals surface area contributed by atoms with E-state index in [1.807, 2.05) is 27.7 Å². The largest absolute Gasteiger partial charge is 0.478 e. The summed E-state index contributed by atoms with van der Waals surface area (Å²) in [5.74, 6) is -0.985. The Labute approximate surface area is 119 Å². The quantitative estimate of drug-likeness (QED) is 0.840. The van der Waals surface area contributed by atoms with Crippen molar-refractivity contribution in [2.24, 2.45) is 0 Å². The van der Waals surface area contributed by atoms with Crippen LogP contribution in [0.2, 0.25) is 0 Å². The molecule has 4 nitrogen and oxygen atoms in total. The van der Waals surface area contributed by atoms with Crippen LogP contribution in [0.15, 0.2) is 24.3 Å². The highest BCUT2D eigenvalue weighted by Crippen LogP contribution is 2.15. The predicted octanol–water partition coefficient (Wildman–Crippen LogP) is 2.96. The fraction of sp³-hybridized carbons (Fsp3) is 0.375. The SMILES string of the molecule is CCN(C(=O)c1ccc(/C=C/C(=O)O)c(C)c1)C(C)C. The van der Waals surface area contributed by atoms with Crippen LogP contribution in [0.25, 0.3) is 6.08 Å². The van der Waals surface area contributed by atoms with Gasteiger partial charge in [-0.1, -0.05) is 6.07 Å². The van der Waals surface area contributed by atoms with Crippen LogP contribution in [0.1, 0.15) is 42.3 Å². The third-order valence-corrected chi connectivity index (χ3v) is 3.15. The van der Waals surface area contributed by atoms with E-state index in [-0.39, 0.29) is 11.9 Å². The van der Waals surface area contributed by atoms with Gasteiger partial charge in [-0.05, 0) is 57.0 Å². The Morgan fingerprint density at radius 3 is 2.45 bits per heavy atom. The van der Waals surface area contributed by atoms with Gasteiger partial charge in [0, 0.05) is 24.2 Å². The molecule has 0 fully saturated rings. The van der Waals surface area contributed by atoms with E-state index in [9.17, 15) is 9.59 Å². The fourth-order valence-corrected chi connectivity index (χ4v) is 2.07. The molecule has 1 amide bonds. The minimum absolute atomic E-state index is 0.000589. The molecule has 1 rings (SSSR count). The monoisotopic (exact) mass is 275 g/mol. The molecule has 0 atom stereocenters. The summed E-state index contributed by atoms with van der Waals surface area (Å²) in [7, 11) is 0. The predicted molar refractivity (Wildman–Crippen MR) is 79.7 cm³/mol. The number of aliphatic carboxylic acids is 1. The molecule has 4 heteroatoms. The lowest BCUT2D eigenvalue weighted by atomic mass is 10.0. The van der Waals surface area contributed by atoms with E-state index in [4.69, 9.17) is 5.11 Å². The number of amides is 1. The maximum Gasteiger partial charge on any atom is 0.328 e. The van der Waals surface area contributed by atoms with Crippen LogP contribution in [0, 0.1) is 6.92 Å².